The molecule has 4 nitrogen and oxygen atoms in total. The van der Waals surface area contributed by atoms with E-state index in [1.807, 2.05) is 6.20 Å². The minimum absolute atomic E-state index is 0.291. The zero-order valence-corrected chi connectivity index (χ0v) is 14.0. The number of methoxy groups -OCH3 is 1. The number of anilines is 1. The Morgan fingerprint density at radius 2 is 2.16 bits per heavy atom. The van der Waals surface area contributed by atoms with Crippen molar-refractivity contribution in [3.63, 3.8) is 0 Å². The van der Waals surface area contributed by atoms with Gasteiger partial charge in [0.2, 0.25) is 0 Å². The SMILES string of the molecule is CCNc1nc(C2(OC)CCC(C)CC2)ncc1I. The molecule has 1 heterocycles. The lowest BCUT2D eigenvalue weighted by atomic mass is 9.79. The molecule has 1 aliphatic rings. The maximum absolute atomic E-state index is 5.83. The standard InChI is InChI=1S/C14H22IN3O/c1-4-16-12-11(15)9-17-13(18-12)14(19-3)7-5-10(2)6-8-14/h9-10H,4-8H2,1-3H3,(H,16,17,18). The third-order valence-corrected chi connectivity index (χ3v) is 4.76. The smallest absolute Gasteiger partial charge is 0.162 e. The van der Waals surface area contributed by atoms with Crippen LogP contribution < -0.4 is 5.32 Å². The van der Waals surface area contributed by atoms with E-state index in [1.165, 1.54) is 12.8 Å². The fraction of sp³-hybridized carbons (Fsp3) is 0.714. The highest BCUT2D eigenvalue weighted by atomic mass is 127. The van der Waals surface area contributed by atoms with Crippen molar-refractivity contribution in [3.8, 4) is 0 Å². The van der Waals surface area contributed by atoms with Crippen LogP contribution in [0.15, 0.2) is 6.20 Å². The van der Waals surface area contributed by atoms with Gasteiger partial charge in [0.1, 0.15) is 11.4 Å². The summed E-state index contributed by atoms with van der Waals surface area (Å²) in [5.74, 6) is 2.53. The van der Waals surface area contributed by atoms with Crippen LogP contribution in [-0.2, 0) is 10.3 Å². The second kappa shape index (κ2) is 6.35. The van der Waals surface area contributed by atoms with Gasteiger partial charge >= 0.3 is 0 Å². The van der Waals surface area contributed by atoms with E-state index in [9.17, 15) is 0 Å². The normalized spacial score (nSPS) is 27.3. The summed E-state index contributed by atoms with van der Waals surface area (Å²) in [5, 5.41) is 3.29. The van der Waals surface area contributed by atoms with Crippen molar-refractivity contribution in [2.24, 2.45) is 5.92 Å². The largest absolute Gasteiger partial charge is 0.370 e. The fourth-order valence-electron chi connectivity index (χ4n) is 2.63. The molecule has 0 radical (unpaired) electrons. The van der Waals surface area contributed by atoms with E-state index in [4.69, 9.17) is 9.72 Å². The van der Waals surface area contributed by atoms with Crippen LogP contribution in [0.5, 0.6) is 0 Å². The van der Waals surface area contributed by atoms with Crippen LogP contribution in [0, 0.1) is 9.49 Å². The average Bonchev–Trinajstić information content (AvgIpc) is 2.43. The number of hydrogen-bond donors (Lipinski definition) is 1. The van der Waals surface area contributed by atoms with Gasteiger partial charge in [0.05, 0.1) is 3.57 Å². The Morgan fingerprint density at radius 3 is 2.74 bits per heavy atom. The van der Waals surface area contributed by atoms with Gasteiger partial charge in [-0.25, -0.2) is 9.97 Å². The van der Waals surface area contributed by atoms with E-state index in [0.29, 0.717) is 0 Å². The van der Waals surface area contributed by atoms with Gasteiger partial charge in [-0.1, -0.05) is 6.92 Å². The monoisotopic (exact) mass is 375 g/mol. The molecule has 0 aliphatic heterocycles. The molecule has 1 aromatic rings. The molecular weight excluding hydrogens is 353 g/mol. The summed E-state index contributed by atoms with van der Waals surface area (Å²) >= 11 is 2.26. The molecule has 0 unspecified atom stereocenters. The van der Waals surface area contributed by atoms with E-state index in [2.05, 4.69) is 46.7 Å². The molecule has 5 heteroatoms. The van der Waals surface area contributed by atoms with Crippen LogP contribution in [0.3, 0.4) is 0 Å². The highest BCUT2D eigenvalue weighted by Crippen LogP contribution is 2.40. The second-order valence-corrected chi connectivity index (χ2v) is 6.46. The third-order valence-electron chi connectivity index (χ3n) is 3.97. The Hall–Kier alpha value is -0.430. The predicted molar refractivity (Wildman–Crippen MR) is 85.2 cm³/mol. The van der Waals surface area contributed by atoms with Crippen molar-refractivity contribution in [2.45, 2.75) is 45.1 Å². The number of hydrogen-bond acceptors (Lipinski definition) is 4. The summed E-state index contributed by atoms with van der Waals surface area (Å²) in [6.45, 7) is 5.24. The molecule has 0 spiro atoms. The van der Waals surface area contributed by atoms with E-state index >= 15 is 0 Å². The van der Waals surface area contributed by atoms with Crippen molar-refractivity contribution in [2.75, 3.05) is 19.0 Å². The third kappa shape index (κ3) is 3.18. The zero-order valence-electron chi connectivity index (χ0n) is 11.9. The maximum atomic E-state index is 5.83. The maximum Gasteiger partial charge on any atom is 0.162 e. The van der Waals surface area contributed by atoms with Crippen LogP contribution in [-0.4, -0.2) is 23.6 Å². The lowest BCUT2D eigenvalue weighted by Crippen LogP contribution is -2.35. The highest BCUT2D eigenvalue weighted by Gasteiger charge is 2.38. The number of aromatic nitrogens is 2. The summed E-state index contributed by atoms with van der Waals surface area (Å²) in [4.78, 5) is 9.23. The molecule has 1 saturated carbocycles. The van der Waals surface area contributed by atoms with Gasteiger partial charge in [-0.05, 0) is 61.1 Å². The molecule has 19 heavy (non-hydrogen) atoms. The van der Waals surface area contributed by atoms with E-state index in [1.54, 1.807) is 7.11 Å². The topological polar surface area (TPSA) is 47.0 Å². The van der Waals surface area contributed by atoms with Crippen molar-refractivity contribution >= 4 is 28.4 Å². The molecule has 0 atom stereocenters. The summed E-state index contributed by atoms with van der Waals surface area (Å²) in [6.07, 6.45) is 6.27. The summed E-state index contributed by atoms with van der Waals surface area (Å²) < 4.78 is 6.89. The molecule has 1 aliphatic carbocycles. The molecular formula is C14H22IN3O. The Bertz CT molecular complexity index is 431. The quantitative estimate of drug-likeness (QED) is 0.818. The first-order valence-electron chi connectivity index (χ1n) is 6.93. The molecule has 106 valence electrons. The second-order valence-electron chi connectivity index (χ2n) is 5.30. The van der Waals surface area contributed by atoms with Gasteiger partial charge in [-0.15, -0.1) is 0 Å². The van der Waals surface area contributed by atoms with E-state index in [-0.39, 0.29) is 5.60 Å². The molecule has 2 rings (SSSR count). The van der Waals surface area contributed by atoms with Gasteiger partial charge < -0.3 is 10.1 Å². The highest BCUT2D eigenvalue weighted by molar-refractivity contribution is 14.1. The van der Waals surface area contributed by atoms with Gasteiger partial charge in [0.15, 0.2) is 5.82 Å². The lowest BCUT2D eigenvalue weighted by molar-refractivity contribution is -0.0596. The first-order valence-corrected chi connectivity index (χ1v) is 8.01. The van der Waals surface area contributed by atoms with Crippen molar-refractivity contribution < 1.29 is 4.74 Å². The van der Waals surface area contributed by atoms with Gasteiger partial charge in [0.25, 0.3) is 0 Å². The Balaban J connectivity index is 2.30. The number of rotatable bonds is 4. The lowest BCUT2D eigenvalue weighted by Gasteiger charge is -2.37. The number of ether oxygens (including phenoxy) is 1. The molecule has 1 fully saturated rings. The summed E-state index contributed by atoms with van der Waals surface area (Å²) in [5.41, 5.74) is -0.291. The van der Waals surface area contributed by atoms with Crippen molar-refractivity contribution in [1.82, 2.24) is 9.97 Å². The Morgan fingerprint density at radius 1 is 1.47 bits per heavy atom. The zero-order chi connectivity index (χ0) is 13.9. The minimum Gasteiger partial charge on any atom is -0.370 e. The molecule has 0 bridgehead atoms. The first-order chi connectivity index (χ1) is 9.11. The predicted octanol–water partition coefficient (Wildman–Crippen LogP) is 3.56. The molecule has 0 saturated heterocycles. The Labute approximate surface area is 128 Å². The van der Waals surface area contributed by atoms with Crippen LogP contribution >= 0.6 is 22.6 Å². The van der Waals surface area contributed by atoms with Crippen molar-refractivity contribution in [1.29, 1.82) is 0 Å². The number of nitrogens with one attached hydrogen (secondary N) is 1. The van der Waals surface area contributed by atoms with Crippen LogP contribution in [0.4, 0.5) is 5.82 Å². The van der Waals surface area contributed by atoms with Gasteiger partial charge in [0, 0.05) is 19.9 Å². The molecule has 0 amide bonds. The summed E-state index contributed by atoms with van der Waals surface area (Å²) in [7, 11) is 1.78. The Kier molecular flexibility index (Phi) is 5.00. The van der Waals surface area contributed by atoms with Gasteiger partial charge in [-0.2, -0.15) is 0 Å². The molecule has 0 aromatic carbocycles. The van der Waals surface area contributed by atoms with E-state index in [0.717, 1.165) is 40.5 Å². The number of nitrogens with zero attached hydrogens (tertiary/aromatic N) is 2. The molecule has 1 aromatic heterocycles. The average molecular weight is 375 g/mol. The number of halogens is 1. The van der Waals surface area contributed by atoms with Crippen LogP contribution in [0.25, 0.3) is 0 Å². The fourth-order valence-corrected chi connectivity index (χ4v) is 3.08. The van der Waals surface area contributed by atoms with Crippen LogP contribution in [0.2, 0.25) is 0 Å². The molecule has 1 N–H and O–H groups in total. The minimum atomic E-state index is -0.291. The van der Waals surface area contributed by atoms with Crippen molar-refractivity contribution in [3.05, 3.63) is 15.6 Å². The van der Waals surface area contributed by atoms with E-state index < -0.39 is 0 Å². The van der Waals surface area contributed by atoms with Crippen LogP contribution in [0.1, 0.15) is 45.4 Å². The summed E-state index contributed by atoms with van der Waals surface area (Å²) in [6, 6.07) is 0. The first kappa shape index (κ1) is 15.0. The van der Waals surface area contributed by atoms with Gasteiger partial charge in [-0.3, -0.25) is 0 Å².